The second-order valence-corrected chi connectivity index (χ2v) is 3.26. The number of hydrogen-bond donors (Lipinski definition) is 2. The number of ether oxygens (including phenoxy) is 1. The number of amides is 1. The average Bonchev–Trinajstić information content (AvgIpc) is 2.31. The number of carbonyl (C=O) groups excluding carboxylic acids is 1. The number of carbonyl (C=O) groups is 1. The highest BCUT2D eigenvalue weighted by Gasteiger charge is 2.03. The molecule has 16 heavy (non-hydrogen) atoms. The monoisotopic (exact) mass is 219 g/mol. The van der Waals surface area contributed by atoms with Crippen molar-refractivity contribution in [2.75, 3.05) is 6.61 Å². The molecule has 0 heterocycles. The Morgan fingerprint density at radius 1 is 1.62 bits per heavy atom. The van der Waals surface area contributed by atoms with E-state index in [4.69, 9.17) is 15.8 Å². The van der Waals surface area contributed by atoms with Crippen LogP contribution in [0.25, 0.3) is 0 Å². The number of nitrogens with zero attached hydrogens (tertiary/aromatic N) is 1. The Balaban J connectivity index is 2.60. The van der Waals surface area contributed by atoms with Crippen LogP contribution in [0.1, 0.15) is 17.5 Å². The van der Waals surface area contributed by atoms with Gasteiger partial charge in [0.1, 0.15) is 5.75 Å². The zero-order valence-corrected chi connectivity index (χ0v) is 8.99. The second kappa shape index (κ2) is 5.73. The summed E-state index contributed by atoms with van der Waals surface area (Å²) in [6.07, 6.45) is 0.187. The van der Waals surface area contributed by atoms with E-state index in [0.29, 0.717) is 11.3 Å². The summed E-state index contributed by atoms with van der Waals surface area (Å²) in [5, 5.41) is 8.72. The fourth-order valence-corrected chi connectivity index (χ4v) is 1.15. The molecule has 0 radical (unpaired) electrons. The fraction of sp³-hybridized carbons (Fsp3) is 0.273. The molecular formula is C11H13N3O2. The highest BCUT2D eigenvalue weighted by Crippen LogP contribution is 2.19. The lowest BCUT2D eigenvalue weighted by atomic mass is 10.1. The van der Waals surface area contributed by atoms with Gasteiger partial charge in [0.25, 0.3) is 0 Å². The molecule has 1 aromatic rings. The first-order valence-corrected chi connectivity index (χ1v) is 4.80. The SMILES string of the molecule is Cc1ccc(C#N)cc1OCCC(=O)NN. The quantitative estimate of drug-likeness (QED) is 0.441. The maximum Gasteiger partial charge on any atom is 0.237 e. The van der Waals surface area contributed by atoms with Gasteiger partial charge in [0.2, 0.25) is 5.91 Å². The molecule has 1 rings (SSSR count). The van der Waals surface area contributed by atoms with Gasteiger partial charge >= 0.3 is 0 Å². The molecule has 0 aromatic heterocycles. The molecule has 0 atom stereocenters. The number of nitrogens with one attached hydrogen (secondary N) is 1. The third-order valence-corrected chi connectivity index (χ3v) is 2.06. The summed E-state index contributed by atoms with van der Waals surface area (Å²) in [6, 6.07) is 7.19. The molecule has 0 saturated carbocycles. The first kappa shape index (κ1) is 12.0. The molecule has 1 aromatic carbocycles. The lowest BCUT2D eigenvalue weighted by molar-refractivity contribution is -0.121. The number of rotatable bonds is 4. The Labute approximate surface area is 93.8 Å². The van der Waals surface area contributed by atoms with Gasteiger partial charge in [-0.15, -0.1) is 0 Å². The number of aryl methyl sites for hydroxylation is 1. The third-order valence-electron chi connectivity index (χ3n) is 2.06. The maximum atomic E-state index is 10.8. The maximum absolute atomic E-state index is 10.8. The van der Waals surface area contributed by atoms with Gasteiger partial charge in [0.05, 0.1) is 24.7 Å². The minimum absolute atomic E-state index is 0.187. The van der Waals surface area contributed by atoms with Crippen LogP contribution in [0.5, 0.6) is 5.75 Å². The molecule has 1 amide bonds. The van der Waals surface area contributed by atoms with Gasteiger partial charge in [-0.2, -0.15) is 5.26 Å². The molecule has 0 aliphatic heterocycles. The predicted molar refractivity (Wildman–Crippen MR) is 58.3 cm³/mol. The predicted octanol–water partition coefficient (Wildman–Crippen LogP) is 0.626. The van der Waals surface area contributed by atoms with Crippen molar-refractivity contribution >= 4 is 5.91 Å². The number of nitriles is 1. The van der Waals surface area contributed by atoms with Crippen molar-refractivity contribution in [2.45, 2.75) is 13.3 Å². The van der Waals surface area contributed by atoms with Crippen LogP contribution in [0.3, 0.4) is 0 Å². The van der Waals surface area contributed by atoms with Gasteiger partial charge in [0.15, 0.2) is 0 Å². The molecule has 0 aliphatic carbocycles. The van der Waals surface area contributed by atoms with Crippen molar-refractivity contribution in [3.63, 3.8) is 0 Å². The summed E-state index contributed by atoms with van der Waals surface area (Å²) in [5.74, 6) is 5.26. The van der Waals surface area contributed by atoms with Gasteiger partial charge in [-0.05, 0) is 24.6 Å². The zero-order valence-electron chi connectivity index (χ0n) is 8.99. The summed E-state index contributed by atoms with van der Waals surface area (Å²) < 4.78 is 5.38. The Hall–Kier alpha value is -2.06. The van der Waals surface area contributed by atoms with E-state index in [1.54, 1.807) is 18.2 Å². The lowest BCUT2D eigenvalue weighted by Crippen LogP contribution is -2.31. The average molecular weight is 219 g/mol. The molecule has 5 nitrogen and oxygen atoms in total. The summed E-state index contributed by atoms with van der Waals surface area (Å²) in [6.45, 7) is 2.11. The topological polar surface area (TPSA) is 88.1 Å². The van der Waals surface area contributed by atoms with Crippen LogP contribution >= 0.6 is 0 Å². The van der Waals surface area contributed by atoms with E-state index in [1.165, 1.54) is 0 Å². The summed E-state index contributed by atoms with van der Waals surface area (Å²) in [4.78, 5) is 10.8. The van der Waals surface area contributed by atoms with Crippen LogP contribution in [0, 0.1) is 18.3 Å². The van der Waals surface area contributed by atoms with Crippen LogP contribution in [-0.2, 0) is 4.79 Å². The van der Waals surface area contributed by atoms with E-state index in [0.717, 1.165) is 5.56 Å². The Kier molecular flexibility index (Phi) is 4.30. The molecule has 0 spiro atoms. The van der Waals surface area contributed by atoms with Crippen molar-refractivity contribution in [1.29, 1.82) is 5.26 Å². The molecule has 5 heteroatoms. The van der Waals surface area contributed by atoms with Gasteiger partial charge in [-0.1, -0.05) is 6.07 Å². The van der Waals surface area contributed by atoms with Crippen molar-refractivity contribution in [3.8, 4) is 11.8 Å². The first-order chi connectivity index (χ1) is 7.67. The molecule has 0 bridgehead atoms. The molecule has 84 valence electrons. The highest BCUT2D eigenvalue weighted by atomic mass is 16.5. The van der Waals surface area contributed by atoms with Crippen LogP contribution in [0.2, 0.25) is 0 Å². The largest absolute Gasteiger partial charge is 0.493 e. The van der Waals surface area contributed by atoms with E-state index >= 15 is 0 Å². The van der Waals surface area contributed by atoms with Crippen LogP contribution in [0.15, 0.2) is 18.2 Å². The summed E-state index contributed by atoms with van der Waals surface area (Å²) >= 11 is 0. The van der Waals surface area contributed by atoms with Gasteiger partial charge in [-0.3, -0.25) is 10.2 Å². The Bertz CT molecular complexity index is 424. The standard InChI is InChI=1S/C11H13N3O2/c1-8-2-3-9(7-12)6-10(8)16-5-4-11(15)14-13/h2-3,6H,4-5,13H2,1H3,(H,14,15). The lowest BCUT2D eigenvalue weighted by Gasteiger charge is -2.08. The van der Waals surface area contributed by atoms with E-state index in [2.05, 4.69) is 0 Å². The molecule has 0 fully saturated rings. The van der Waals surface area contributed by atoms with E-state index < -0.39 is 0 Å². The first-order valence-electron chi connectivity index (χ1n) is 4.80. The van der Waals surface area contributed by atoms with Crippen LogP contribution in [-0.4, -0.2) is 12.5 Å². The zero-order chi connectivity index (χ0) is 12.0. The van der Waals surface area contributed by atoms with Crippen molar-refractivity contribution in [1.82, 2.24) is 5.43 Å². The molecule has 3 N–H and O–H groups in total. The van der Waals surface area contributed by atoms with Gasteiger partial charge in [0, 0.05) is 0 Å². The number of benzene rings is 1. The third kappa shape index (κ3) is 3.26. The fourth-order valence-electron chi connectivity index (χ4n) is 1.15. The second-order valence-electron chi connectivity index (χ2n) is 3.26. The van der Waals surface area contributed by atoms with E-state index in [1.807, 2.05) is 18.4 Å². The Morgan fingerprint density at radius 3 is 3.00 bits per heavy atom. The number of hydrogen-bond acceptors (Lipinski definition) is 4. The van der Waals surface area contributed by atoms with E-state index in [-0.39, 0.29) is 18.9 Å². The van der Waals surface area contributed by atoms with Gasteiger partial charge < -0.3 is 4.74 Å². The number of nitrogens with two attached hydrogens (primary N) is 1. The van der Waals surface area contributed by atoms with Crippen molar-refractivity contribution in [3.05, 3.63) is 29.3 Å². The van der Waals surface area contributed by atoms with Crippen molar-refractivity contribution in [2.24, 2.45) is 5.84 Å². The summed E-state index contributed by atoms with van der Waals surface area (Å²) in [5.41, 5.74) is 3.47. The minimum atomic E-state index is -0.283. The normalized spacial score (nSPS) is 9.31. The van der Waals surface area contributed by atoms with Crippen LogP contribution < -0.4 is 16.0 Å². The smallest absolute Gasteiger partial charge is 0.237 e. The van der Waals surface area contributed by atoms with Crippen molar-refractivity contribution < 1.29 is 9.53 Å². The summed E-state index contributed by atoms with van der Waals surface area (Å²) in [7, 11) is 0. The minimum Gasteiger partial charge on any atom is -0.493 e. The molecule has 0 unspecified atom stereocenters. The van der Waals surface area contributed by atoms with Gasteiger partial charge in [-0.25, -0.2) is 5.84 Å². The van der Waals surface area contributed by atoms with Crippen LogP contribution in [0.4, 0.5) is 0 Å². The number of hydrazine groups is 1. The molecule has 0 saturated heterocycles. The Morgan fingerprint density at radius 2 is 2.38 bits per heavy atom. The molecular weight excluding hydrogens is 206 g/mol. The molecule has 0 aliphatic rings. The highest BCUT2D eigenvalue weighted by molar-refractivity contribution is 5.75. The van der Waals surface area contributed by atoms with E-state index in [9.17, 15) is 4.79 Å².